The molecule has 7 nitrogen and oxygen atoms in total. The molecule has 0 radical (unpaired) electrons. The van der Waals surface area contributed by atoms with E-state index in [0.29, 0.717) is 23.5 Å². The lowest BCUT2D eigenvalue weighted by Gasteiger charge is -2.14. The molecule has 130 valence electrons. The Morgan fingerprint density at radius 3 is 2.42 bits per heavy atom. The fourth-order valence-electron chi connectivity index (χ4n) is 2.82. The molecule has 3 heterocycles. The molecule has 0 saturated heterocycles. The summed E-state index contributed by atoms with van der Waals surface area (Å²) >= 11 is 1.60. The van der Waals surface area contributed by atoms with Gasteiger partial charge >= 0.3 is 0 Å². The van der Waals surface area contributed by atoms with Crippen LogP contribution in [0.25, 0.3) is 0 Å². The average Bonchev–Trinajstić information content (AvgIpc) is 3.35. The molecule has 1 N–H and O–H groups in total. The van der Waals surface area contributed by atoms with Gasteiger partial charge in [-0.15, -0.1) is 11.3 Å². The van der Waals surface area contributed by atoms with Gasteiger partial charge in [-0.2, -0.15) is 5.10 Å². The fraction of sp³-hybridized carbons (Fsp3) is 0.111. The number of imide groups is 1. The molecule has 2 aromatic heterocycles. The summed E-state index contributed by atoms with van der Waals surface area (Å²) in [5.41, 5.74) is 0.654. The van der Waals surface area contributed by atoms with Crippen LogP contribution in [-0.2, 0) is 11.3 Å². The molecule has 0 saturated carbocycles. The average molecular weight is 366 g/mol. The molecule has 3 aromatic rings. The van der Waals surface area contributed by atoms with Crippen molar-refractivity contribution in [1.82, 2.24) is 14.7 Å². The minimum atomic E-state index is -0.451. The van der Waals surface area contributed by atoms with Gasteiger partial charge in [0.25, 0.3) is 11.8 Å². The van der Waals surface area contributed by atoms with Gasteiger partial charge in [-0.05, 0) is 23.6 Å². The Balaban J connectivity index is 1.45. The lowest BCUT2D eigenvalue weighted by Crippen LogP contribution is -2.37. The Kier molecular flexibility index (Phi) is 4.10. The van der Waals surface area contributed by atoms with E-state index in [1.807, 2.05) is 17.5 Å². The molecular formula is C18H14N4O3S. The predicted octanol–water partition coefficient (Wildman–Crippen LogP) is 2.23. The number of thiophene rings is 1. The highest BCUT2D eigenvalue weighted by molar-refractivity contribution is 7.09. The number of carbonyl (C=O) groups excluding carboxylic acids is 3. The van der Waals surface area contributed by atoms with Gasteiger partial charge in [0.2, 0.25) is 5.91 Å². The smallest absolute Gasteiger partial charge is 0.262 e. The second-order valence-electron chi connectivity index (χ2n) is 5.74. The Hall–Kier alpha value is -3.26. The zero-order valence-electron chi connectivity index (χ0n) is 13.6. The zero-order valence-corrected chi connectivity index (χ0v) is 14.4. The summed E-state index contributed by atoms with van der Waals surface area (Å²) in [7, 11) is 0. The van der Waals surface area contributed by atoms with Crippen LogP contribution in [0.1, 0.15) is 25.6 Å². The Morgan fingerprint density at radius 1 is 1.04 bits per heavy atom. The molecule has 26 heavy (non-hydrogen) atoms. The van der Waals surface area contributed by atoms with E-state index in [9.17, 15) is 14.4 Å². The van der Waals surface area contributed by atoms with Crippen LogP contribution < -0.4 is 5.32 Å². The summed E-state index contributed by atoms with van der Waals surface area (Å²) in [5.74, 6) is -0.840. The third-order valence-electron chi connectivity index (χ3n) is 4.05. The van der Waals surface area contributed by atoms with Crippen molar-refractivity contribution in [3.8, 4) is 0 Å². The standard InChI is InChI=1S/C18H14N4O3S/c23-16(11-21-17(24)13-5-1-2-6-14(13)18(21)25)20-15-7-8-19-22(15)10-12-4-3-9-26-12/h1-9H,10-11H2,(H,20,23). The number of fused-ring (bicyclic) bond motifs is 1. The maximum Gasteiger partial charge on any atom is 0.262 e. The Labute approximate surface area is 152 Å². The monoisotopic (exact) mass is 366 g/mol. The largest absolute Gasteiger partial charge is 0.309 e. The molecule has 1 aliphatic rings. The van der Waals surface area contributed by atoms with Gasteiger partial charge in [0.1, 0.15) is 12.4 Å². The number of nitrogens with one attached hydrogen (secondary N) is 1. The fourth-order valence-corrected chi connectivity index (χ4v) is 3.51. The highest BCUT2D eigenvalue weighted by Crippen LogP contribution is 2.22. The number of hydrogen-bond acceptors (Lipinski definition) is 5. The first kappa shape index (κ1) is 16.2. The Morgan fingerprint density at radius 2 is 1.77 bits per heavy atom. The van der Waals surface area contributed by atoms with Crippen molar-refractivity contribution in [2.75, 3.05) is 11.9 Å². The second kappa shape index (κ2) is 6.57. The van der Waals surface area contributed by atoms with E-state index in [1.165, 1.54) is 0 Å². The minimum absolute atomic E-state index is 0.327. The number of carbonyl (C=O) groups is 3. The SMILES string of the molecule is O=C(CN1C(=O)c2ccccc2C1=O)Nc1ccnn1Cc1cccs1. The predicted molar refractivity (Wildman–Crippen MR) is 96.1 cm³/mol. The van der Waals surface area contributed by atoms with E-state index in [0.717, 1.165) is 9.78 Å². The van der Waals surface area contributed by atoms with Gasteiger partial charge in [0, 0.05) is 10.9 Å². The molecule has 3 amide bonds. The van der Waals surface area contributed by atoms with Crippen LogP contribution in [0.15, 0.2) is 54.0 Å². The Bertz CT molecular complexity index is 959. The number of nitrogens with zero attached hydrogens (tertiary/aromatic N) is 3. The van der Waals surface area contributed by atoms with Crippen molar-refractivity contribution in [2.45, 2.75) is 6.54 Å². The second-order valence-corrected chi connectivity index (χ2v) is 6.78. The van der Waals surface area contributed by atoms with E-state index in [4.69, 9.17) is 0 Å². The summed E-state index contributed by atoms with van der Waals surface area (Å²) < 4.78 is 1.66. The van der Waals surface area contributed by atoms with Crippen LogP contribution in [0.3, 0.4) is 0 Å². The summed E-state index contributed by atoms with van der Waals surface area (Å²) in [6, 6.07) is 12.2. The third-order valence-corrected chi connectivity index (χ3v) is 4.91. The highest BCUT2D eigenvalue weighted by atomic mass is 32.1. The molecule has 0 bridgehead atoms. The van der Waals surface area contributed by atoms with Gasteiger partial charge in [0.05, 0.1) is 23.9 Å². The molecule has 0 atom stereocenters. The molecule has 8 heteroatoms. The number of rotatable bonds is 5. The summed E-state index contributed by atoms with van der Waals surface area (Å²) in [4.78, 5) is 39.1. The van der Waals surface area contributed by atoms with Crippen LogP contribution in [0.4, 0.5) is 5.82 Å². The number of amides is 3. The lowest BCUT2D eigenvalue weighted by atomic mass is 10.1. The van der Waals surface area contributed by atoms with Gasteiger partial charge in [0.15, 0.2) is 0 Å². The van der Waals surface area contributed by atoms with Crippen molar-refractivity contribution in [1.29, 1.82) is 0 Å². The van der Waals surface area contributed by atoms with Crippen molar-refractivity contribution in [3.63, 3.8) is 0 Å². The van der Waals surface area contributed by atoms with Gasteiger partial charge in [-0.25, -0.2) is 4.68 Å². The summed E-state index contributed by atoms with van der Waals surface area (Å²) in [5, 5.41) is 8.89. The first-order valence-electron chi connectivity index (χ1n) is 7.93. The van der Waals surface area contributed by atoms with Crippen molar-refractivity contribution >= 4 is 34.9 Å². The molecule has 0 aliphatic carbocycles. The molecule has 1 aromatic carbocycles. The highest BCUT2D eigenvalue weighted by Gasteiger charge is 2.36. The molecule has 4 rings (SSSR count). The molecule has 0 spiro atoms. The lowest BCUT2D eigenvalue weighted by molar-refractivity contribution is -0.116. The van der Waals surface area contributed by atoms with Crippen LogP contribution in [0, 0.1) is 0 Å². The first-order valence-corrected chi connectivity index (χ1v) is 8.81. The maximum absolute atomic E-state index is 12.4. The molecule has 1 aliphatic heterocycles. The van der Waals surface area contributed by atoms with Crippen molar-refractivity contribution < 1.29 is 14.4 Å². The van der Waals surface area contributed by atoms with Crippen molar-refractivity contribution in [3.05, 3.63) is 70.0 Å². The third kappa shape index (κ3) is 2.91. The van der Waals surface area contributed by atoms with Crippen LogP contribution in [-0.4, -0.2) is 38.9 Å². The van der Waals surface area contributed by atoms with Crippen LogP contribution in [0.2, 0.25) is 0 Å². The van der Waals surface area contributed by atoms with Gasteiger partial charge in [-0.1, -0.05) is 18.2 Å². The number of anilines is 1. The van der Waals surface area contributed by atoms with Crippen molar-refractivity contribution in [2.24, 2.45) is 0 Å². The van der Waals surface area contributed by atoms with E-state index in [-0.39, 0.29) is 6.54 Å². The summed E-state index contributed by atoms with van der Waals surface area (Å²) in [6.45, 7) is 0.198. The molecular weight excluding hydrogens is 352 g/mol. The number of benzene rings is 1. The minimum Gasteiger partial charge on any atom is -0.309 e. The van der Waals surface area contributed by atoms with E-state index in [2.05, 4.69) is 10.4 Å². The van der Waals surface area contributed by atoms with Crippen LogP contribution >= 0.6 is 11.3 Å². The van der Waals surface area contributed by atoms with Crippen LogP contribution in [0.5, 0.6) is 0 Å². The van der Waals surface area contributed by atoms with Gasteiger partial charge < -0.3 is 5.32 Å². The van der Waals surface area contributed by atoms with E-state index >= 15 is 0 Å². The molecule has 0 unspecified atom stereocenters. The summed E-state index contributed by atoms with van der Waals surface area (Å²) in [6.07, 6.45) is 1.59. The quantitative estimate of drug-likeness (QED) is 0.702. The number of aromatic nitrogens is 2. The zero-order chi connectivity index (χ0) is 18.1. The molecule has 0 fully saturated rings. The normalized spacial score (nSPS) is 13.2. The topological polar surface area (TPSA) is 84.3 Å². The maximum atomic E-state index is 12.4. The van der Waals surface area contributed by atoms with E-state index < -0.39 is 17.7 Å². The van der Waals surface area contributed by atoms with Gasteiger partial charge in [-0.3, -0.25) is 19.3 Å². The number of hydrogen-bond donors (Lipinski definition) is 1. The van der Waals surface area contributed by atoms with E-state index in [1.54, 1.807) is 52.5 Å². The first-order chi connectivity index (χ1) is 12.6.